The number of hydrogen-bond acceptors (Lipinski definition) is 16. The van der Waals surface area contributed by atoms with Crippen LogP contribution in [0.4, 0.5) is 20.4 Å². The van der Waals surface area contributed by atoms with Gasteiger partial charge in [0.15, 0.2) is 58.8 Å². The zero-order valence-electron chi connectivity index (χ0n) is 24.9. The molecule has 1 unspecified atom stereocenters. The molecule has 5 aliphatic rings. The number of fused-ring (bicyclic) bond motifs is 10. The fourth-order valence-corrected chi connectivity index (χ4v) is 8.59. The summed E-state index contributed by atoms with van der Waals surface area (Å²) in [4.78, 5) is 36.9. The van der Waals surface area contributed by atoms with Gasteiger partial charge in [-0.2, -0.15) is 0 Å². The quantitative estimate of drug-likeness (QED) is 0.176. The lowest BCUT2D eigenvalue weighted by Crippen LogP contribution is -2.37. The molecule has 5 aliphatic heterocycles. The van der Waals surface area contributed by atoms with Crippen LogP contribution in [-0.4, -0.2) is 114 Å². The lowest BCUT2D eigenvalue weighted by Gasteiger charge is -2.29. The van der Waals surface area contributed by atoms with Crippen LogP contribution in [0.2, 0.25) is 0 Å². The molecule has 4 aromatic rings. The molecule has 3 N–H and O–H groups in total. The summed E-state index contributed by atoms with van der Waals surface area (Å²) in [5.41, 5.74) is 1.16. The van der Waals surface area contributed by atoms with Crippen molar-refractivity contribution in [1.82, 2.24) is 39.0 Å². The highest BCUT2D eigenvalue weighted by atomic mass is 32.5. The lowest BCUT2D eigenvalue weighted by molar-refractivity contribution is -0.0574. The normalized spacial score (nSPS) is 38.0. The third kappa shape index (κ3) is 5.81. The molecule has 0 spiro atoms. The number of rotatable bonds is 0. The van der Waals surface area contributed by atoms with Crippen molar-refractivity contribution in [2.24, 2.45) is 0 Å². The number of ether oxygens (including phenoxy) is 2. The maximum Gasteiger partial charge on any atom is 0.328 e. The molecular formula is C25H28F2N10O8P2S. The molecule has 14 bridgehead atoms. The third-order valence-corrected chi connectivity index (χ3v) is 11.0. The molecule has 4 aromatic heterocycles. The molecule has 256 valence electrons. The van der Waals surface area contributed by atoms with Gasteiger partial charge < -0.3 is 34.0 Å². The SMILES string of the molecule is C[P@]1(=O)OC[C@H]2O[C@@H]3[C@H](F)[C@@H]2OP(O)(=S)OC[C@H]2O[C@H]([C@H](F)[C@@H]2O1)n1cnc2c(ncnc21)NC/C=C/CNc1ncnc2c1ncn23. The number of alkyl halides is 2. The van der Waals surface area contributed by atoms with E-state index in [1.807, 2.05) is 12.2 Å². The van der Waals surface area contributed by atoms with Crippen molar-refractivity contribution in [1.29, 1.82) is 0 Å². The van der Waals surface area contributed by atoms with Gasteiger partial charge in [0, 0.05) is 19.8 Å². The topological polar surface area (TPSA) is 204 Å². The average molecular weight is 729 g/mol. The molecule has 48 heavy (non-hydrogen) atoms. The Hall–Kier alpha value is -3.10. The molecule has 18 nitrogen and oxygen atoms in total. The maximum atomic E-state index is 16.3. The van der Waals surface area contributed by atoms with Gasteiger partial charge in [-0.05, 0) is 11.8 Å². The Bertz CT molecular complexity index is 1850. The van der Waals surface area contributed by atoms with E-state index in [9.17, 15) is 9.46 Å². The van der Waals surface area contributed by atoms with E-state index in [1.54, 1.807) is 0 Å². The van der Waals surface area contributed by atoms with Crippen LogP contribution in [-0.2, 0) is 43.9 Å². The molecular weight excluding hydrogens is 700 g/mol. The Labute approximate surface area is 275 Å². The average Bonchev–Trinajstić information content (AvgIpc) is 3.81. The van der Waals surface area contributed by atoms with E-state index in [-0.39, 0.29) is 11.3 Å². The van der Waals surface area contributed by atoms with Crippen LogP contribution in [0.15, 0.2) is 37.5 Å². The van der Waals surface area contributed by atoms with Crippen LogP contribution in [0.5, 0.6) is 0 Å². The first-order chi connectivity index (χ1) is 23.1. The summed E-state index contributed by atoms with van der Waals surface area (Å²) in [5.74, 6) is 0.776. The largest absolute Gasteiger partial charge is 0.365 e. The summed E-state index contributed by atoms with van der Waals surface area (Å²) in [6.07, 6.45) is -3.31. The fourth-order valence-electron chi connectivity index (χ4n) is 5.98. The third-order valence-electron chi connectivity index (χ3n) is 8.18. The van der Waals surface area contributed by atoms with Crippen molar-refractivity contribution in [2.75, 3.05) is 43.6 Å². The first-order valence-corrected chi connectivity index (χ1v) is 19.3. The summed E-state index contributed by atoms with van der Waals surface area (Å²) in [7, 11) is -4.07. The highest BCUT2D eigenvalue weighted by Gasteiger charge is 2.54. The zero-order chi connectivity index (χ0) is 33.2. The van der Waals surface area contributed by atoms with E-state index in [0.717, 1.165) is 6.66 Å². The van der Waals surface area contributed by atoms with Crippen molar-refractivity contribution in [3.8, 4) is 0 Å². The second-order valence-corrected chi connectivity index (χ2v) is 16.1. The summed E-state index contributed by atoms with van der Waals surface area (Å²) in [6.45, 7) is -3.47. The van der Waals surface area contributed by atoms with Crippen molar-refractivity contribution in [2.45, 2.75) is 49.2 Å². The monoisotopic (exact) mass is 728 g/mol. The molecule has 10 atom stereocenters. The van der Waals surface area contributed by atoms with E-state index in [4.69, 9.17) is 39.4 Å². The van der Waals surface area contributed by atoms with Gasteiger partial charge in [0.1, 0.15) is 37.1 Å². The molecule has 9 heterocycles. The van der Waals surface area contributed by atoms with Crippen LogP contribution < -0.4 is 10.6 Å². The minimum absolute atomic E-state index is 0.239. The van der Waals surface area contributed by atoms with Crippen molar-refractivity contribution in [3.63, 3.8) is 0 Å². The summed E-state index contributed by atoms with van der Waals surface area (Å²) < 4.78 is 83.4. The van der Waals surface area contributed by atoms with Gasteiger partial charge in [0.2, 0.25) is 0 Å². The Kier molecular flexibility index (Phi) is 8.26. The standard InChI is InChI=1S/C25H28F2N10O8P2S/c1-46(38)40-6-12-19-15(27)25(42-12)37-11-35-17-21(31-9-33-23(17)37)29-5-3-2-4-28-20-16-22(32-8-30-20)36(10-34-16)24-14(26)18(44-46)13(43-24)7-41-47(39,48)45-19/h2-3,8-15,18-19,24-25H,4-7H2,1H3,(H,39,48)(H,28,30,32)(H,29,31,33)/b3-2+/t12-,13-,14-,15-,18-,19-,24-,25-,46+,47?/m1/s1. The van der Waals surface area contributed by atoms with Gasteiger partial charge in [-0.15, -0.1) is 0 Å². The smallest absolute Gasteiger partial charge is 0.328 e. The van der Waals surface area contributed by atoms with Gasteiger partial charge in [-0.3, -0.25) is 22.7 Å². The molecule has 0 radical (unpaired) electrons. The number of anilines is 2. The lowest BCUT2D eigenvalue weighted by atomic mass is 10.1. The van der Waals surface area contributed by atoms with Crippen molar-refractivity contribution < 1.29 is 45.8 Å². The number of nitrogens with one attached hydrogen (secondary N) is 2. The molecule has 0 aliphatic carbocycles. The van der Waals surface area contributed by atoms with E-state index in [1.165, 1.54) is 34.4 Å². The minimum atomic E-state index is -4.23. The Morgan fingerprint density at radius 3 is 1.85 bits per heavy atom. The van der Waals surface area contributed by atoms with Gasteiger partial charge in [-0.25, -0.2) is 38.7 Å². The van der Waals surface area contributed by atoms with E-state index < -0.39 is 76.7 Å². The Morgan fingerprint density at radius 1 is 0.812 bits per heavy atom. The summed E-state index contributed by atoms with van der Waals surface area (Å²) in [6, 6.07) is 0. The highest BCUT2D eigenvalue weighted by Crippen LogP contribution is 2.54. The molecule has 3 fully saturated rings. The second kappa shape index (κ2) is 12.3. The maximum absolute atomic E-state index is 16.3. The van der Waals surface area contributed by atoms with E-state index >= 15 is 8.78 Å². The van der Waals surface area contributed by atoms with Crippen LogP contribution in [0, 0.1) is 0 Å². The molecule has 23 heteroatoms. The van der Waals surface area contributed by atoms with Crippen molar-refractivity contribution in [3.05, 3.63) is 37.5 Å². The summed E-state index contributed by atoms with van der Waals surface area (Å²) >= 11 is 5.24. The number of hydrogen-bond donors (Lipinski definition) is 3. The molecule has 0 amide bonds. The van der Waals surface area contributed by atoms with Crippen molar-refractivity contribution >= 4 is 60.1 Å². The highest BCUT2D eigenvalue weighted by molar-refractivity contribution is 8.07. The fraction of sp³-hybridized carbons (Fsp3) is 0.520. The number of aromatic nitrogens is 8. The Morgan fingerprint density at radius 2 is 1.31 bits per heavy atom. The predicted octanol–water partition coefficient (Wildman–Crippen LogP) is 2.39. The number of imidazole rings is 2. The second-order valence-electron chi connectivity index (χ2n) is 11.3. The number of nitrogens with zero attached hydrogens (tertiary/aromatic N) is 8. The zero-order valence-corrected chi connectivity index (χ0v) is 27.5. The van der Waals surface area contributed by atoms with Gasteiger partial charge in [0.05, 0.1) is 25.9 Å². The minimum Gasteiger partial charge on any atom is -0.365 e. The molecule has 0 saturated carbocycles. The van der Waals surface area contributed by atoms with Gasteiger partial charge >= 0.3 is 14.3 Å². The van der Waals surface area contributed by atoms with Crippen LogP contribution >= 0.6 is 14.3 Å². The van der Waals surface area contributed by atoms with E-state index in [2.05, 4.69) is 40.5 Å². The Balaban J connectivity index is 1.21. The molecule has 9 rings (SSSR count). The first-order valence-electron chi connectivity index (χ1n) is 14.7. The molecule has 3 saturated heterocycles. The van der Waals surface area contributed by atoms with Crippen LogP contribution in [0.25, 0.3) is 22.3 Å². The molecule has 0 aromatic carbocycles. The van der Waals surface area contributed by atoms with Crippen LogP contribution in [0.1, 0.15) is 12.5 Å². The first kappa shape index (κ1) is 32.1. The van der Waals surface area contributed by atoms with Gasteiger partial charge in [-0.1, -0.05) is 12.2 Å². The number of halogens is 2. The summed E-state index contributed by atoms with van der Waals surface area (Å²) in [5, 5.41) is 6.31. The van der Waals surface area contributed by atoms with Crippen LogP contribution in [0.3, 0.4) is 0 Å². The van der Waals surface area contributed by atoms with Gasteiger partial charge in [0.25, 0.3) is 0 Å². The van der Waals surface area contributed by atoms with E-state index in [0.29, 0.717) is 35.8 Å². The predicted molar refractivity (Wildman–Crippen MR) is 166 cm³/mol.